The number of ether oxygens (including phenoxy) is 1. The molecule has 0 spiro atoms. The Kier molecular flexibility index (Phi) is 5.63. The Bertz CT molecular complexity index is 908. The quantitative estimate of drug-likeness (QED) is 0.801. The van der Waals surface area contributed by atoms with E-state index in [-0.39, 0.29) is 31.4 Å². The van der Waals surface area contributed by atoms with Crippen LogP contribution < -0.4 is 15.0 Å². The zero-order chi connectivity index (χ0) is 20.3. The zero-order valence-corrected chi connectivity index (χ0v) is 15.8. The number of aryl methyl sites for hydroxylation is 2. The average molecular weight is 382 g/mol. The van der Waals surface area contributed by atoms with Gasteiger partial charge in [0, 0.05) is 24.3 Å². The highest BCUT2D eigenvalue weighted by Crippen LogP contribution is 2.27. The first-order valence-corrected chi connectivity index (χ1v) is 8.96. The molecule has 3 rings (SSSR count). The minimum absolute atomic E-state index is 0.00613. The van der Waals surface area contributed by atoms with E-state index in [1.807, 2.05) is 32.0 Å². The molecule has 1 aliphatic rings. The number of benzene rings is 2. The van der Waals surface area contributed by atoms with Crippen molar-refractivity contribution >= 4 is 29.2 Å². The molecule has 1 aliphatic heterocycles. The second kappa shape index (κ2) is 8.12. The fourth-order valence-corrected chi connectivity index (χ4v) is 3.13. The Balaban J connectivity index is 1.55. The van der Waals surface area contributed by atoms with Gasteiger partial charge in [0.25, 0.3) is 5.91 Å². The average Bonchev–Trinajstić information content (AvgIpc) is 3.05. The summed E-state index contributed by atoms with van der Waals surface area (Å²) in [5, 5.41) is 11.9. The predicted octanol–water partition coefficient (Wildman–Crippen LogP) is 2.76. The van der Waals surface area contributed by atoms with Crippen molar-refractivity contribution in [1.29, 1.82) is 0 Å². The van der Waals surface area contributed by atoms with Gasteiger partial charge < -0.3 is 20.1 Å². The predicted molar refractivity (Wildman–Crippen MR) is 105 cm³/mol. The number of hydrogen-bond acceptors (Lipinski definition) is 4. The van der Waals surface area contributed by atoms with Crippen LogP contribution in [0.4, 0.5) is 11.4 Å². The number of carbonyl (C=O) groups is 3. The minimum atomic E-state index is -0.967. The maximum absolute atomic E-state index is 12.1. The number of nitrogens with zero attached hydrogens (tertiary/aromatic N) is 1. The van der Waals surface area contributed by atoms with Crippen molar-refractivity contribution in [1.82, 2.24) is 0 Å². The number of nitrogens with one attached hydrogen (secondary N) is 1. The summed E-state index contributed by atoms with van der Waals surface area (Å²) in [5.74, 6) is -1.65. The van der Waals surface area contributed by atoms with Crippen molar-refractivity contribution in [3.8, 4) is 5.75 Å². The smallest absolute Gasteiger partial charge is 0.308 e. The molecule has 0 bridgehead atoms. The highest BCUT2D eigenvalue weighted by molar-refractivity contribution is 5.99. The van der Waals surface area contributed by atoms with Crippen LogP contribution in [0, 0.1) is 19.8 Å². The van der Waals surface area contributed by atoms with Gasteiger partial charge in [-0.25, -0.2) is 0 Å². The van der Waals surface area contributed by atoms with Crippen LogP contribution in [0.25, 0.3) is 0 Å². The normalized spacial score (nSPS) is 16.1. The summed E-state index contributed by atoms with van der Waals surface area (Å²) in [6, 6.07) is 12.4. The lowest BCUT2D eigenvalue weighted by Gasteiger charge is -2.16. The Morgan fingerprint density at radius 1 is 1.18 bits per heavy atom. The van der Waals surface area contributed by atoms with Crippen molar-refractivity contribution in [2.45, 2.75) is 20.3 Å². The standard InChI is InChI=1S/C21H22N2O5/c1-13-3-8-18(14(2)9-13)22-19(24)12-28-17-6-4-16(5-7-17)23-11-15(21(26)27)10-20(23)25/h3-9,15H,10-12H2,1-2H3,(H,22,24)(H,26,27)/t15-/m1/s1. The number of amides is 2. The maximum atomic E-state index is 12.1. The van der Waals surface area contributed by atoms with E-state index < -0.39 is 11.9 Å². The van der Waals surface area contributed by atoms with E-state index in [1.54, 1.807) is 24.3 Å². The lowest BCUT2D eigenvalue weighted by Crippen LogP contribution is -2.25. The molecule has 1 fully saturated rings. The van der Waals surface area contributed by atoms with Gasteiger partial charge in [-0.05, 0) is 49.7 Å². The summed E-state index contributed by atoms with van der Waals surface area (Å²) in [7, 11) is 0. The van der Waals surface area contributed by atoms with E-state index in [1.165, 1.54) is 4.90 Å². The van der Waals surface area contributed by atoms with Crippen molar-refractivity contribution in [2.75, 3.05) is 23.4 Å². The fraction of sp³-hybridized carbons (Fsp3) is 0.286. The van der Waals surface area contributed by atoms with Crippen LogP contribution in [0.1, 0.15) is 17.5 Å². The molecule has 0 unspecified atom stereocenters. The second-order valence-electron chi connectivity index (χ2n) is 6.89. The van der Waals surface area contributed by atoms with Crippen LogP contribution in [0.2, 0.25) is 0 Å². The molecule has 0 aliphatic carbocycles. The van der Waals surface area contributed by atoms with Crippen molar-refractivity contribution in [3.05, 3.63) is 53.6 Å². The van der Waals surface area contributed by atoms with Crippen molar-refractivity contribution < 1.29 is 24.2 Å². The Labute approximate surface area is 162 Å². The van der Waals surface area contributed by atoms with E-state index in [2.05, 4.69) is 5.32 Å². The van der Waals surface area contributed by atoms with Gasteiger partial charge >= 0.3 is 5.97 Å². The minimum Gasteiger partial charge on any atom is -0.484 e. The number of anilines is 2. The molecular formula is C21H22N2O5. The molecule has 28 heavy (non-hydrogen) atoms. The highest BCUT2D eigenvalue weighted by Gasteiger charge is 2.34. The van der Waals surface area contributed by atoms with E-state index in [9.17, 15) is 14.4 Å². The van der Waals surface area contributed by atoms with Gasteiger partial charge in [-0.15, -0.1) is 0 Å². The molecule has 1 saturated heterocycles. The fourth-order valence-electron chi connectivity index (χ4n) is 3.13. The van der Waals surface area contributed by atoms with Gasteiger partial charge in [-0.1, -0.05) is 17.7 Å². The first-order chi connectivity index (χ1) is 13.3. The van der Waals surface area contributed by atoms with Gasteiger partial charge in [0.15, 0.2) is 6.61 Å². The first kappa shape index (κ1) is 19.4. The van der Waals surface area contributed by atoms with Gasteiger partial charge in [0.1, 0.15) is 5.75 Å². The third-order valence-electron chi connectivity index (χ3n) is 4.65. The van der Waals surface area contributed by atoms with Gasteiger partial charge in [0.05, 0.1) is 5.92 Å². The third-order valence-corrected chi connectivity index (χ3v) is 4.65. The molecule has 2 amide bonds. The topological polar surface area (TPSA) is 95.9 Å². The van der Waals surface area contributed by atoms with E-state index in [4.69, 9.17) is 9.84 Å². The molecule has 7 nitrogen and oxygen atoms in total. The summed E-state index contributed by atoms with van der Waals surface area (Å²) in [5.41, 5.74) is 3.46. The molecule has 1 heterocycles. The van der Waals surface area contributed by atoms with Gasteiger partial charge in [-0.2, -0.15) is 0 Å². The first-order valence-electron chi connectivity index (χ1n) is 8.96. The SMILES string of the molecule is Cc1ccc(NC(=O)COc2ccc(N3C[C@H](C(=O)O)CC3=O)cc2)c(C)c1. The number of carboxylic acids is 1. The molecule has 2 N–H and O–H groups in total. The molecule has 0 aromatic heterocycles. The lowest BCUT2D eigenvalue weighted by molar-refractivity contribution is -0.141. The molecule has 0 radical (unpaired) electrons. The van der Waals surface area contributed by atoms with Crippen LogP contribution in [-0.4, -0.2) is 36.0 Å². The molecule has 2 aromatic rings. The second-order valence-corrected chi connectivity index (χ2v) is 6.89. The van der Waals surface area contributed by atoms with Crippen LogP contribution in [0.15, 0.2) is 42.5 Å². The Morgan fingerprint density at radius 3 is 2.50 bits per heavy atom. The van der Waals surface area contributed by atoms with Gasteiger partial charge in [0.2, 0.25) is 5.91 Å². The Hall–Kier alpha value is -3.35. The van der Waals surface area contributed by atoms with E-state index >= 15 is 0 Å². The number of rotatable bonds is 6. The molecular weight excluding hydrogens is 360 g/mol. The molecule has 146 valence electrons. The molecule has 7 heteroatoms. The summed E-state index contributed by atoms with van der Waals surface area (Å²) in [4.78, 5) is 36.6. The molecule has 0 saturated carbocycles. The lowest BCUT2D eigenvalue weighted by atomic mass is 10.1. The number of aliphatic carboxylic acids is 1. The summed E-state index contributed by atoms with van der Waals surface area (Å²) in [6.45, 7) is 3.93. The van der Waals surface area contributed by atoms with E-state index in [0.717, 1.165) is 16.8 Å². The van der Waals surface area contributed by atoms with E-state index in [0.29, 0.717) is 11.4 Å². The van der Waals surface area contributed by atoms with Crippen LogP contribution >= 0.6 is 0 Å². The van der Waals surface area contributed by atoms with Crippen molar-refractivity contribution in [2.24, 2.45) is 5.92 Å². The number of carboxylic acid groups (broad SMARTS) is 1. The van der Waals surface area contributed by atoms with Crippen molar-refractivity contribution in [3.63, 3.8) is 0 Å². The third kappa shape index (κ3) is 4.49. The van der Waals surface area contributed by atoms with Crippen LogP contribution in [0.5, 0.6) is 5.75 Å². The van der Waals surface area contributed by atoms with Crippen LogP contribution in [0.3, 0.4) is 0 Å². The summed E-state index contributed by atoms with van der Waals surface area (Å²) in [6.07, 6.45) is 0.00613. The molecule has 2 aromatic carbocycles. The summed E-state index contributed by atoms with van der Waals surface area (Å²) < 4.78 is 5.50. The maximum Gasteiger partial charge on any atom is 0.308 e. The van der Waals surface area contributed by atoms with Gasteiger partial charge in [-0.3, -0.25) is 14.4 Å². The number of hydrogen-bond donors (Lipinski definition) is 2. The molecule has 1 atom stereocenters. The largest absolute Gasteiger partial charge is 0.484 e. The van der Waals surface area contributed by atoms with Crippen LogP contribution in [-0.2, 0) is 14.4 Å². The highest BCUT2D eigenvalue weighted by atomic mass is 16.5. The Morgan fingerprint density at radius 2 is 1.89 bits per heavy atom. The number of carbonyl (C=O) groups excluding carboxylic acids is 2. The zero-order valence-electron chi connectivity index (χ0n) is 15.8. The summed E-state index contributed by atoms with van der Waals surface area (Å²) >= 11 is 0. The monoisotopic (exact) mass is 382 g/mol.